The molecule has 0 aliphatic heterocycles. The Hall–Kier alpha value is -1.92. The summed E-state index contributed by atoms with van der Waals surface area (Å²) in [7, 11) is 1.62. The van der Waals surface area contributed by atoms with E-state index in [-0.39, 0.29) is 11.9 Å². The molecule has 3 rings (SSSR count). The van der Waals surface area contributed by atoms with Crippen molar-refractivity contribution in [3.63, 3.8) is 0 Å². The molecule has 6 nitrogen and oxygen atoms in total. The van der Waals surface area contributed by atoms with Crippen LogP contribution in [0.15, 0.2) is 28.8 Å². The number of benzene rings is 1. The molecule has 0 spiro atoms. The van der Waals surface area contributed by atoms with Gasteiger partial charge in [0.2, 0.25) is 11.8 Å². The van der Waals surface area contributed by atoms with E-state index in [0.29, 0.717) is 29.8 Å². The fraction of sp³-hybridized carbons (Fsp3) is 0.500. The summed E-state index contributed by atoms with van der Waals surface area (Å²) in [5.74, 6) is 0.976. The number of ether oxygens (including phenoxy) is 1. The maximum Gasteiger partial charge on any atom is 0.248 e. The maximum absolute atomic E-state index is 12.9. The molecular formula is C18H22ClN3O3. The van der Waals surface area contributed by atoms with Crippen molar-refractivity contribution in [2.45, 2.75) is 44.1 Å². The van der Waals surface area contributed by atoms with E-state index >= 15 is 0 Å². The lowest BCUT2D eigenvalue weighted by Gasteiger charge is -2.41. The van der Waals surface area contributed by atoms with Crippen molar-refractivity contribution in [1.82, 2.24) is 15.5 Å². The topological polar surface area (TPSA) is 77.3 Å². The normalized spacial score (nSPS) is 16.9. The van der Waals surface area contributed by atoms with Gasteiger partial charge in [-0.3, -0.25) is 4.79 Å². The third kappa shape index (κ3) is 3.70. The first-order valence-electron chi connectivity index (χ1n) is 8.43. The van der Waals surface area contributed by atoms with Crippen LogP contribution in [0.2, 0.25) is 5.02 Å². The number of halogens is 1. The highest BCUT2D eigenvalue weighted by atomic mass is 35.5. The van der Waals surface area contributed by atoms with Crippen LogP contribution < -0.4 is 5.32 Å². The Morgan fingerprint density at radius 1 is 1.40 bits per heavy atom. The van der Waals surface area contributed by atoms with Gasteiger partial charge in [0.25, 0.3) is 0 Å². The highest BCUT2D eigenvalue weighted by Crippen LogP contribution is 2.44. The molecule has 1 saturated carbocycles. The van der Waals surface area contributed by atoms with Crippen LogP contribution in [0.4, 0.5) is 0 Å². The number of nitrogens with one attached hydrogen (secondary N) is 1. The average molecular weight is 364 g/mol. The first kappa shape index (κ1) is 17.9. The minimum absolute atomic E-state index is 0.00906. The average Bonchev–Trinajstić information content (AvgIpc) is 3.02. The molecule has 7 heteroatoms. The molecule has 25 heavy (non-hydrogen) atoms. The van der Waals surface area contributed by atoms with Gasteiger partial charge in [0.15, 0.2) is 5.82 Å². The van der Waals surface area contributed by atoms with Gasteiger partial charge in [-0.1, -0.05) is 35.3 Å². The first-order chi connectivity index (χ1) is 12.0. The molecule has 1 fully saturated rings. The molecule has 1 aromatic heterocycles. The third-order valence-electron chi connectivity index (χ3n) is 4.77. The molecule has 0 radical (unpaired) electrons. The number of amides is 1. The summed E-state index contributed by atoms with van der Waals surface area (Å²) in [4.78, 5) is 17.3. The van der Waals surface area contributed by atoms with Gasteiger partial charge in [-0.2, -0.15) is 4.98 Å². The Morgan fingerprint density at radius 2 is 2.12 bits per heavy atom. The SMILES string of the molecule is COCCc1noc(C(C)NC(=O)C2(c3ccc(Cl)cc3)CCC2)n1. The Balaban J connectivity index is 1.69. The van der Waals surface area contributed by atoms with Gasteiger partial charge in [0.05, 0.1) is 12.0 Å². The zero-order valence-corrected chi connectivity index (χ0v) is 15.2. The van der Waals surface area contributed by atoms with E-state index in [4.69, 9.17) is 20.9 Å². The van der Waals surface area contributed by atoms with E-state index in [1.807, 2.05) is 31.2 Å². The summed E-state index contributed by atoms with van der Waals surface area (Å²) in [6.45, 7) is 2.37. The fourth-order valence-corrected chi connectivity index (χ4v) is 3.21. The Morgan fingerprint density at radius 3 is 2.72 bits per heavy atom. The molecule has 1 aliphatic carbocycles. The number of carbonyl (C=O) groups is 1. The van der Waals surface area contributed by atoms with E-state index in [2.05, 4.69) is 15.5 Å². The van der Waals surface area contributed by atoms with Crippen molar-refractivity contribution < 1.29 is 14.1 Å². The van der Waals surface area contributed by atoms with Gasteiger partial charge in [0.1, 0.15) is 6.04 Å². The molecule has 1 aromatic carbocycles. The molecule has 1 heterocycles. The van der Waals surface area contributed by atoms with Gasteiger partial charge in [0, 0.05) is 18.6 Å². The minimum atomic E-state index is -0.488. The van der Waals surface area contributed by atoms with Crippen LogP contribution in [0, 0.1) is 0 Å². The molecule has 1 amide bonds. The van der Waals surface area contributed by atoms with Crippen LogP contribution in [0.25, 0.3) is 0 Å². The monoisotopic (exact) mass is 363 g/mol. The molecule has 0 bridgehead atoms. The summed E-state index contributed by atoms with van der Waals surface area (Å²) in [6, 6.07) is 7.17. The Labute approximate surface area is 151 Å². The molecule has 1 atom stereocenters. The molecule has 2 aromatic rings. The number of carbonyl (C=O) groups excluding carboxylic acids is 1. The smallest absolute Gasteiger partial charge is 0.248 e. The predicted molar refractivity (Wildman–Crippen MR) is 93.4 cm³/mol. The van der Waals surface area contributed by atoms with E-state index < -0.39 is 5.41 Å². The molecular weight excluding hydrogens is 342 g/mol. The third-order valence-corrected chi connectivity index (χ3v) is 5.02. The number of hydrogen-bond acceptors (Lipinski definition) is 5. The van der Waals surface area contributed by atoms with Gasteiger partial charge in [-0.05, 0) is 37.5 Å². The highest BCUT2D eigenvalue weighted by molar-refractivity contribution is 6.30. The van der Waals surface area contributed by atoms with Gasteiger partial charge in [-0.25, -0.2) is 0 Å². The second-order valence-electron chi connectivity index (χ2n) is 6.43. The number of rotatable bonds is 7. The van der Waals surface area contributed by atoms with Gasteiger partial charge in [-0.15, -0.1) is 0 Å². The van der Waals surface area contributed by atoms with Crippen LogP contribution in [0.1, 0.15) is 49.5 Å². The van der Waals surface area contributed by atoms with Crippen LogP contribution in [-0.4, -0.2) is 29.8 Å². The first-order valence-corrected chi connectivity index (χ1v) is 8.81. The van der Waals surface area contributed by atoms with Crippen molar-refractivity contribution in [3.05, 3.63) is 46.6 Å². The molecule has 1 unspecified atom stereocenters. The summed E-state index contributed by atoms with van der Waals surface area (Å²) < 4.78 is 10.3. The predicted octanol–water partition coefficient (Wildman–Crippen LogP) is 3.21. The minimum Gasteiger partial charge on any atom is -0.384 e. The second kappa shape index (κ2) is 7.54. The summed E-state index contributed by atoms with van der Waals surface area (Å²) in [5, 5.41) is 7.60. The van der Waals surface area contributed by atoms with Crippen molar-refractivity contribution in [2.75, 3.05) is 13.7 Å². The standard InChI is InChI=1S/C18H22ClN3O3/c1-12(16-21-15(22-25-16)8-11-24-2)20-17(23)18(9-3-10-18)13-4-6-14(19)7-5-13/h4-7,12H,3,8-11H2,1-2H3,(H,20,23). The van der Waals surface area contributed by atoms with Gasteiger partial charge < -0.3 is 14.6 Å². The zero-order valence-electron chi connectivity index (χ0n) is 14.4. The number of hydrogen-bond donors (Lipinski definition) is 1. The van der Waals surface area contributed by atoms with E-state index in [1.54, 1.807) is 7.11 Å². The Kier molecular flexibility index (Phi) is 5.39. The zero-order chi connectivity index (χ0) is 17.9. The lowest BCUT2D eigenvalue weighted by Crippen LogP contribution is -2.49. The fourth-order valence-electron chi connectivity index (χ4n) is 3.08. The van der Waals surface area contributed by atoms with Crippen LogP contribution in [-0.2, 0) is 21.4 Å². The van der Waals surface area contributed by atoms with Crippen LogP contribution in [0.3, 0.4) is 0 Å². The van der Waals surface area contributed by atoms with Crippen LogP contribution >= 0.6 is 11.6 Å². The molecule has 1 aliphatic rings. The van der Waals surface area contributed by atoms with Crippen molar-refractivity contribution in [1.29, 1.82) is 0 Å². The quantitative estimate of drug-likeness (QED) is 0.817. The Bertz CT molecular complexity index is 725. The lowest BCUT2D eigenvalue weighted by atomic mass is 9.63. The van der Waals surface area contributed by atoms with Crippen molar-refractivity contribution in [2.24, 2.45) is 0 Å². The van der Waals surface area contributed by atoms with Crippen molar-refractivity contribution >= 4 is 17.5 Å². The van der Waals surface area contributed by atoms with Gasteiger partial charge >= 0.3 is 0 Å². The van der Waals surface area contributed by atoms with E-state index in [0.717, 1.165) is 24.8 Å². The van der Waals surface area contributed by atoms with E-state index in [9.17, 15) is 4.79 Å². The van der Waals surface area contributed by atoms with Crippen LogP contribution in [0.5, 0.6) is 0 Å². The van der Waals surface area contributed by atoms with E-state index in [1.165, 1.54) is 0 Å². The molecule has 134 valence electrons. The largest absolute Gasteiger partial charge is 0.384 e. The number of aromatic nitrogens is 2. The van der Waals surface area contributed by atoms with Crippen molar-refractivity contribution in [3.8, 4) is 0 Å². The number of methoxy groups -OCH3 is 1. The maximum atomic E-state index is 12.9. The summed E-state index contributed by atoms with van der Waals surface area (Å²) >= 11 is 5.97. The highest BCUT2D eigenvalue weighted by Gasteiger charge is 2.46. The summed E-state index contributed by atoms with van der Waals surface area (Å²) in [6.07, 6.45) is 3.27. The number of nitrogens with zero attached hydrogens (tertiary/aromatic N) is 2. The molecule has 1 N–H and O–H groups in total. The summed E-state index contributed by atoms with van der Waals surface area (Å²) in [5.41, 5.74) is 0.511. The second-order valence-corrected chi connectivity index (χ2v) is 6.87. The lowest BCUT2D eigenvalue weighted by molar-refractivity contribution is -0.130. The molecule has 0 saturated heterocycles.